The van der Waals surface area contributed by atoms with Gasteiger partial charge in [0.2, 0.25) is 22.7 Å². The van der Waals surface area contributed by atoms with E-state index in [1.807, 2.05) is 30.3 Å². The topological polar surface area (TPSA) is 76.2 Å². The van der Waals surface area contributed by atoms with Gasteiger partial charge in [0.25, 0.3) is 0 Å². The monoisotopic (exact) mass is 390 g/mol. The summed E-state index contributed by atoms with van der Waals surface area (Å²) in [6.45, 7) is 0.426. The Morgan fingerprint density at radius 1 is 1.00 bits per heavy atom. The van der Waals surface area contributed by atoms with Crippen LogP contribution in [0.5, 0.6) is 11.5 Å². The molecule has 1 amide bonds. The Bertz CT molecular complexity index is 915. The van der Waals surface area contributed by atoms with Crippen LogP contribution in [0, 0.1) is 0 Å². The average Bonchev–Trinajstić information content (AvgIpc) is 3.09. The molecular weight excluding hydrogens is 368 g/mol. The molecule has 0 aromatic heterocycles. The minimum Gasteiger partial charge on any atom is -0.454 e. The number of rotatable bonds is 7. The van der Waals surface area contributed by atoms with Gasteiger partial charge in [-0.1, -0.05) is 36.4 Å². The number of carbonyl (C=O) groups excluding carboxylic acids is 1. The van der Waals surface area contributed by atoms with Gasteiger partial charge in [0, 0.05) is 20.1 Å². The van der Waals surface area contributed by atoms with Gasteiger partial charge in [0.15, 0.2) is 11.5 Å². The summed E-state index contributed by atoms with van der Waals surface area (Å²) in [5, 5.41) is 0. The standard InChI is InChI=1S/C19H22N2O5S/c1-20(11-15-6-4-3-5-7-15)19(22)13-21(27(2,23)24)12-16-8-9-17-18(10-16)26-14-25-17/h3-10H,11-14H2,1-2H3. The normalized spacial score (nSPS) is 13.0. The third kappa shape index (κ3) is 4.99. The molecule has 0 bridgehead atoms. The largest absolute Gasteiger partial charge is 0.454 e. The Morgan fingerprint density at radius 2 is 1.70 bits per heavy atom. The predicted molar refractivity (Wildman–Crippen MR) is 101 cm³/mol. The number of hydrogen-bond donors (Lipinski definition) is 0. The molecular formula is C19H22N2O5S. The summed E-state index contributed by atoms with van der Waals surface area (Å²) in [5.74, 6) is 0.932. The first-order chi connectivity index (χ1) is 12.8. The molecule has 0 unspecified atom stereocenters. The molecule has 1 aliphatic heterocycles. The quantitative estimate of drug-likeness (QED) is 0.721. The Labute approximate surface area is 159 Å². The zero-order valence-corrected chi connectivity index (χ0v) is 16.1. The van der Waals surface area contributed by atoms with E-state index in [0.717, 1.165) is 21.7 Å². The number of hydrogen-bond acceptors (Lipinski definition) is 5. The highest BCUT2D eigenvalue weighted by Crippen LogP contribution is 2.32. The van der Waals surface area contributed by atoms with Gasteiger partial charge in [-0.2, -0.15) is 4.31 Å². The van der Waals surface area contributed by atoms with Gasteiger partial charge in [-0.3, -0.25) is 4.79 Å². The molecule has 7 nitrogen and oxygen atoms in total. The van der Waals surface area contributed by atoms with Crippen molar-refractivity contribution >= 4 is 15.9 Å². The van der Waals surface area contributed by atoms with Crippen molar-refractivity contribution in [3.8, 4) is 11.5 Å². The van der Waals surface area contributed by atoms with Crippen molar-refractivity contribution in [2.75, 3.05) is 26.6 Å². The summed E-state index contributed by atoms with van der Waals surface area (Å²) in [6.07, 6.45) is 1.10. The smallest absolute Gasteiger partial charge is 0.237 e. The van der Waals surface area contributed by atoms with Crippen LogP contribution in [0.25, 0.3) is 0 Å². The molecule has 0 saturated heterocycles. The zero-order valence-electron chi connectivity index (χ0n) is 15.3. The van der Waals surface area contributed by atoms with Gasteiger partial charge in [0.1, 0.15) is 0 Å². The molecule has 144 valence electrons. The summed E-state index contributed by atoms with van der Waals surface area (Å²) in [4.78, 5) is 14.1. The van der Waals surface area contributed by atoms with Gasteiger partial charge in [-0.05, 0) is 23.3 Å². The number of carbonyl (C=O) groups is 1. The number of sulfonamides is 1. The van der Waals surface area contributed by atoms with Crippen molar-refractivity contribution in [3.05, 3.63) is 59.7 Å². The lowest BCUT2D eigenvalue weighted by molar-refractivity contribution is -0.130. The lowest BCUT2D eigenvalue weighted by Crippen LogP contribution is -2.40. The maximum Gasteiger partial charge on any atom is 0.237 e. The van der Waals surface area contributed by atoms with E-state index in [1.54, 1.807) is 25.2 Å². The molecule has 3 rings (SSSR count). The summed E-state index contributed by atoms with van der Waals surface area (Å²) in [6, 6.07) is 14.8. The third-order valence-corrected chi connectivity index (χ3v) is 5.46. The van der Waals surface area contributed by atoms with Crippen LogP contribution in [-0.2, 0) is 27.9 Å². The van der Waals surface area contributed by atoms with Crippen LogP contribution in [0.4, 0.5) is 0 Å². The van der Waals surface area contributed by atoms with Crippen LogP contribution in [0.15, 0.2) is 48.5 Å². The van der Waals surface area contributed by atoms with E-state index < -0.39 is 10.0 Å². The first kappa shape index (κ1) is 19.2. The molecule has 1 heterocycles. The van der Waals surface area contributed by atoms with Crippen LogP contribution < -0.4 is 9.47 Å². The number of amides is 1. The fraction of sp³-hybridized carbons (Fsp3) is 0.316. The van der Waals surface area contributed by atoms with Crippen molar-refractivity contribution < 1.29 is 22.7 Å². The second-order valence-corrected chi connectivity index (χ2v) is 8.44. The predicted octanol–water partition coefficient (Wildman–Crippen LogP) is 1.84. The van der Waals surface area contributed by atoms with Crippen LogP contribution >= 0.6 is 0 Å². The second kappa shape index (κ2) is 7.98. The molecule has 0 spiro atoms. The molecule has 0 aliphatic carbocycles. The lowest BCUT2D eigenvalue weighted by atomic mass is 10.2. The number of fused-ring (bicyclic) bond motifs is 1. The van der Waals surface area contributed by atoms with Gasteiger partial charge in [-0.25, -0.2) is 8.42 Å². The van der Waals surface area contributed by atoms with E-state index in [4.69, 9.17) is 9.47 Å². The van der Waals surface area contributed by atoms with E-state index in [1.165, 1.54) is 4.90 Å². The maximum absolute atomic E-state index is 12.6. The van der Waals surface area contributed by atoms with Crippen molar-refractivity contribution in [1.29, 1.82) is 0 Å². The van der Waals surface area contributed by atoms with Crippen LogP contribution in [0.3, 0.4) is 0 Å². The highest BCUT2D eigenvalue weighted by molar-refractivity contribution is 7.88. The number of ether oxygens (including phenoxy) is 2. The summed E-state index contributed by atoms with van der Waals surface area (Å²) in [7, 11) is -1.90. The van der Waals surface area contributed by atoms with E-state index in [-0.39, 0.29) is 25.8 Å². The summed E-state index contributed by atoms with van der Waals surface area (Å²) in [5.41, 5.74) is 1.71. The molecule has 0 atom stereocenters. The molecule has 2 aromatic rings. The minimum absolute atomic E-state index is 0.0837. The fourth-order valence-corrected chi connectivity index (χ4v) is 3.48. The molecule has 0 saturated carbocycles. The summed E-state index contributed by atoms with van der Waals surface area (Å²) >= 11 is 0. The SMILES string of the molecule is CN(Cc1ccccc1)C(=O)CN(Cc1ccc2c(c1)OCO2)S(C)(=O)=O. The zero-order chi connectivity index (χ0) is 19.4. The van der Waals surface area contributed by atoms with Crippen LogP contribution in [0.2, 0.25) is 0 Å². The first-order valence-electron chi connectivity index (χ1n) is 8.44. The van der Waals surface area contributed by atoms with Gasteiger partial charge < -0.3 is 14.4 Å². The molecule has 0 fully saturated rings. The Morgan fingerprint density at radius 3 is 2.41 bits per heavy atom. The molecule has 0 N–H and O–H groups in total. The number of nitrogens with zero attached hydrogens (tertiary/aromatic N) is 2. The Kier molecular flexibility index (Phi) is 5.67. The number of likely N-dealkylation sites (N-methyl/N-ethyl adjacent to an activating group) is 1. The average molecular weight is 390 g/mol. The molecule has 8 heteroatoms. The van der Waals surface area contributed by atoms with E-state index >= 15 is 0 Å². The minimum atomic E-state index is -3.56. The Hall–Kier alpha value is -2.58. The highest BCUT2D eigenvalue weighted by atomic mass is 32.2. The van der Waals surface area contributed by atoms with Gasteiger partial charge in [-0.15, -0.1) is 0 Å². The molecule has 27 heavy (non-hydrogen) atoms. The van der Waals surface area contributed by atoms with Gasteiger partial charge >= 0.3 is 0 Å². The van der Waals surface area contributed by atoms with Crippen LogP contribution in [-0.4, -0.2) is 50.2 Å². The van der Waals surface area contributed by atoms with E-state index in [9.17, 15) is 13.2 Å². The molecule has 0 radical (unpaired) electrons. The number of benzene rings is 2. The highest BCUT2D eigenvalue weighted by Gasteiger charge is 2.23. The van der Waals surface area contributed by atoms with Crippen molar-refractivity contribution in [1.82, 2.24) is 9.21 Å². The van der Waals surface area contributed by atoms with E-state index in [2.05, 4.69) is 0 Å². The van der Waals surface area contributed by atoms with Crippen molar-refractivity contribution in [3.63, 3.8) is 0 Å². The van der Waals surface area contributed by atoms with Crippen molar-refractivity contribution in [2.45, 2.75) is 13.1 Å². The van der Waals surface area contributed by atoms with E-state index in [0.29, 0.717) is 18.0 Å². The van der Waals surface area contributed by atoms with Gasteiger partial charge in [0.05, 0.1) is 12.8 Å². The second-order valence-electron chi connectivity index (χ2n) is 6.45. The van der Waals surface area contributed by atoms with Crippen LogP contribution in [0.1, 0.15) is 11.1 Å². The maximum atomic E-state index is 12.6. The lowest BCUT2D eigenvalue weighted by Gasteiger charge is -2.23. The summed E-state index contributed by atoms with van der Waals surface area (Å²) < 4.78 is 36.1. The molecule has 1 aliphatic rings. The van der Waals surface area contributed by atoms with Crippen molar-refractivity contribution in [2.24, 2.45) is 0 Å². The molecule has 2 aromatic carbocycles. The third-order valence-electron chi connectivity index (χ3n) is 4.26. The Balaban J connectivity index is 1.69. The first-order valence-corrected chi connectivity index (χ1v) is 10.3. The fourth-order valence-electron chi connectivity index (χ4n) is 2.75.